The summed E-state index contributed by atoms with van der Waals surface area (Å²) in [5.41, 5.74) is 0.0809. The molecule has 1 heterocycles. The molecule has 4 aliphatic rings. The maximum atomic E-state index is 12.4. The van der Waals surface area contributed by atoms with E-state index in [1.165, 1.54) is 55.2 Å². The maximum Gasteiger partial charge on any atom is 0.277 e. The predicted molar refractivity (Wildman–Crippen MR) is 110 cm³/mol. The van der Waals surface area contributed by atoms with E-state index in [4.69, 9.17) is 4.42 Å². The van der Waals surface area contributed by atoms with Gasteiger partial charge in [-0.3, -0.25) is 9.59 Å². The minimum atomic E-state index is -0.106. The summed E-state index contributed by atoms with van der Waals surface area (Å²) < 4.78 is 6.05. The van der Waals surface area contributed by atoms with Crippen LogP contribution in [0.2, 0.25) is 0 Å². The van der Waals surface area contributed by atoms with Crippen LogP contribution in [-0.2, 0) is 15.0 Å². The molecule has 4 aliphatic carbocycles. The molecule has 8 heteroatoms. The molecule has 1 aromatic heterocycles. The number of likely N-dealkylation sites (N-methyl/N-ethyl adjacent to an activating group) is 2. The second-order valence-electron chi connectivity index (χ2n) is 9.18. The number of amides is 2. The van der Waals surface area contributed by atoms with Crippen molar-refractivity contribution >= 4 is 23.6 Å². The Morgan fingerprint density at radius 3 is 2.17 bits per heavy atom. The quantitative estimate of drug-likeness (QED) is 0.602. The van der Waals surface area contributed by atoms with Gasteiger partial charge in [0.05, 0.1) is 12.3 Å². The molecule has 160 valence electrons. The fraction of sp³-hybridized carbons (Fsp3) is 0.810. The van der Waals surface area contributed by atoms with Crippen molar-refractivity contribution < 1.29 is 14.0 Å². The highest BCUT2D eigenvalue weighted by molar-refractivity contribution is 7.99. The molecular formula is C21H32N4O3S. The minimum Gasteiger partial charge on any atom is -0.415 e. The van der Waals surface area contributed by atoms with Crippen molar-refractivity contribution in [3.8, 4) is 0 Å². The highest BCUT2D eigenvalue weighted by Gasteiger charge is 2.54. The molecule has 0 unspecified atom stereocenters. The van der Waals surface area contributed by atoms with Crippen molar-refractivity contribution in [2.75, 3.05) is 32.4 Å². The van der Waals surface area contributed by atoms with E-state index < -0.39 is 0 Å². The van der Waals surface area contributed by atoms with Crippen LogP contribution in [0.15, 0.2) is 9.64 Å². The van der Waals surface area contributed by atoms with Crippen LogP contribution in [0.5, 0.6) is 0 Å². The Morgan fingerprint density at radius 1 is 1.03 bits per heavy atom. The van der Waals surface area contributed by atoms with E-state index in [0.29, 0.717) is 18.3 Å². The van der Waals surface area contributed by atoms with Crippen LogP contribution in [0.25, 0.3) is 0 Å². The van der Waals surface area contributed by atoms with E-state index >= 15 is 0 Å². The number of rotatable bonds is 8. The first-order valence-corrected chi connectivity index (χ1v) is 11.9. The zero-order chi connectivity index (χ0) is 20.6. The van der Waals surface area contributed by atoms with Gasteiger partial charge in [-0.15, -0.1) is 10.2 Å². The molecule has 0 saturated heterocycles. The number of hydrogen-bond acceptors (Lipinski definition) is 6. The molecule has 4 bridgehead atoms. The SMILES string of the molecule is CCN(CC)C(=O)CN(C)C(=O)CSc1nnc(C23CC4CC(CC(C4)C2)C3)o1. The predicted octanol–water partition coefficient (Wildman–Crippen LogP) is 2.96. The van der Waals surface area contributed by atoms with Crippen molar-refractivity contribution in [1.82, 2.24) is 20.0 Å². The third-order valence-electron chi connectivity index (χ3n) is 7.13. The molecule has 5 rings (SSSR count). The number of thioether (sulfide) groups is 1. The van der Waals surface area contributed by atoms with Crippen LogP contribution in [-0.4, -0.2) is 64.2 Å². The molecule has 0 radical (unpaired) electrons. The smallest absolute Gasteiger partial charge is 0.277 e. The van der Waals surface area contributed by atoms with Gasteiger partial charge in [0.15, 0.2) is 0 Å². The molecule has 4 saturated carbocycles. The highest BCUT2D eigenvalue weighted by Crippen LogP contribution is 2.60. The lowest BCUT2D eigenvalue weighted by molar-refractivity contribution is -0.137. The average molecular weight is 421 g/mol. The molecule has 2 amide bonds. The topological polar surface area (TPSA) is 79.5 Å². The molecule has 29 heavy (non-hydrogen) atoms. The molecule has 0 atom stereocenters. The van der Waals surface area contributed by atoms with Crippen LogP contribution < -0.4 is 0 Å². The van der Waals surface area contributed by atoms with Gasteiger partial charge in [0.2, 0.25) is 17.7 Å². The minimum absolute atomic E-state index is 0.0299. The fourth-order valence-electron chi connectivity index (χ4n) is 6.06. The van der Waals surface area contributed by atoms with E-state index in [2.05, 4.69) is 10.2 Å². The molecule has 0 aliphatic heterocycles. The summed E-state index contributed by atoms with van der Waals surface area (Å²) in [4.78, 5) is 27.8. The summed E-state index contributed by atoms with van der Waals surface area (Å²) in [7, 11) is 1.67. The van der Waals surface area contributed by atoms with Gasteiger partial charge in [-0.1, -0.05) is 11.8 Å². The van der Waals surface area contributed by atoms with E-state index in [9.17, 15) is 9.59 Å². The largest absolute Gasteiger partial charge is 0.415 e. The van der Waals surface area contributed by atoms with Crippen molar-refractivity contribution in [3.05, 3.63) is 5.89 Å². The summed E-state index contributed by atoms with van der Waals surface area (Å²) >= 11 is 1.27. The van der Waals surface area contributed by atoms with E-state index in [-0.39, 0.29) is 29.5 Å². The molecule has 7 nitrogen and oxygen atoms in total. The van der Waals surface area contributed by atoms with Gasteiger partial charge in [0.1, 0.15) is 0 Å². The zero-order valence-electron chi connectivity index (χ0n) is 17.7. The van der Waals surface area contributed by atoms with Gasteiger partial charge in [-0.05, 0) is 70.1 Å². The zero-order valence-corrected chi connectivity index (χ0v) is 18.5. The van der Waals surface area contributed by atoms with Gasteiger partial charge < -0.3 is 14.2 Å². The molecule has 0 aromatic carbocycles. The summed E-state index contributed by atoms with van der Waals surface area (Å²) in [6, 6.07) is 0. The number of aromatic nitrogens is 2. The standard InChI is InChI=1S/C21H32N4O3S/c1-4-25(5-2)17(26)12-24(3)18(27)13-29-20-23-22-19(28-20)21-9-14-6-15(10-21)8-16(7-14)11-21/h14-16H,4-13H2,1-3H3. The number of carbonyl (C=O) groups excluding carboxylic acids is 2. The van der Waals surface area contributed by atoms with Crippen LogP contribution in [0.1, 0.15) is 58.3 Å². The molecule has 0 N–H and O–H groups in total. The molecular weight excluding hydrogens is 388 g/mol. The molecule has 0 spiro atoms. The number of carbonyl (C=O) groups is 2. The van der Waals surface area contributed by atoms with Crippen molar-refractivity contribution in [1.29, 1.82) is 0 Å². The summed E-state index contributed by atoms with van der Waals surface area (Å²) in [6.45, 7) is 5.29. The Morgan fingerprint density at radius 2 is 1.62 bits per heavy atom. The fourth-order valence-corrected chi connectivity index (χ4v) is 6.76. The molecule has 4 fully saturated rings. The van der Waals surface area contributed by atoms with Crippen LogP contribution in [0.3, 0.4) is 0 Å². The number of nitrogens with zero attached hydrogens (tertiary/aromatic N) is 4. The lowest BCUT2D eigenvalue weighted by Crippen LogP contribution is -2.48. The highest BCUT2D eigenvalue weighted by atomic mass is 32.2. The number of hydrogen-bond donors (Lipinski definition) is 0. The monoisotopic (exact) mass is 420 g/mol. The van der Waals surface area contributed by atoms with E-state index in [0.717, 1.165) is 23.6 Å². The normalized spacial score (nSPS) is 29.8. The van der Waals surface area contributed by atoms with Gasteiger partial charge in [-0.25, -0.2) is 0 Å². The van der Waals surface area contributed by atoms with Crippen molar-refractivity contribution in [2.45, 2.75) is 63.0 Å². The first kappa shape index (κ1) is 20.7. The van der Waals surface area contributed by atoms with Crippen molar-refractivity contribution in [2.24, 2.45) is 17.8 Å². The third-order valence-corrected chi connectivity index (χ3v) is 7.94. The summed E-state index contributed by atoms with van der Waals surface area (Å²) in [5.74, 6) is 3.32. The van der Waals surface area contributed by atoms with Gasteiger partial charge in [0, 0.05) is 25.6 Å². The van der Waals surface area contributed by atoms with Crippen molar-refractivity contribution in [3.63, 3.8) is 0 Å². The van der Waals surface area contributed by atoms with Gasteiger partial charge in [0.25, 0.3) is 5.22 Å². The van der Waals surface area contributed by atoms with Gasteiger partial charge >= 0.3 is 0 Å². The first-order chi connectivity index (χ1) is 13.9. The van der Waals surface area contributed by atoms with Crippen LogP contribution in [0.4, 0.5) is 0 Å². The first-order valence-electron chi connectivity index (χ1n) is 10.9. The second-order valence-corrected chi connectivity index (χ2v) is 10.1. The third kappa shape index (κ3) is 4.18. The Hall–Kier alpha value is -1.57. The Bertz CT molecular complexity index is 726. The van der Waals surface area contributed by atoms with E-state index in [1.54, 1.807) is 11.9 Å². The van der Waals surface area contributed by atoms with Crippen LogP contribution in [0, 0.1) is 17.8 Å². The lowest BCUT2D eigenvalue weighted by atomic mass is 9.49. The van der Waals surface area contributed by atoms with E-state index in [1.807, 2.05) is 13.8 Å². The second kappa shape index (κ2) is 8.28. The lowest BCUT2D eigenvalue weighted by Gasteiger charge is -2.55. The Balaban J connectivity index is 1.32. The Kier molecular flexibility index (Phi) is 5.91. The maximum absolute atomic E-state index is 12.4. The summed E-state index contributed by atoms with van der Waals surface area (Å²) in [5, 5.41) is 9.09. The Labute approximate surface area is 177 Å². The average Bonchev–Trinajstić information content (AvgIpc) is 3.16. The summed E-state index contributed by atoms with van der Waals surface area (Å²) in [6.07, 6.45) is 7.67. The molecule has 1 aromatic rings. The van der Waals surface area contributed by atoms with Gasteiger partial charge in [-0.2, -0.15) is 0 Å². The van der Waals surface area contributed by atoms with Crippen LogP contribution >= 0.6 is 11.8 Å².